The summed E-state index contributed by atoms with van der Waals surface area (Å²) in [6.07, 6.45) is 9.67. The van der Waals surface area contributed by atoms with Crippen molar-refractivity contribution < 1.29 is 9.53 Å². The van der Waals surface area contributed by atoms with Crippen LogP contribution in [0.5, 0.6) is 5.88 Å². The van der Waals surface area contributed by atoms with Crippen molar-refractivity contribution in [3.05, 3.63) is 77.1 Å². The van der Waals surface area contributed by atoms with Gasteiger partial charge in [-0.3, -0.25) is 9.48 Å². The van der Waals surface area contributed by atoms with Crippen LogP contribution in [0, 0.1) is 5.41 Å². The maximum Gasteiger partial charge on any atom is 0.253 e. The number of pyridine rings is 1. The summed E-state index contributed by atoms with van der Waals surface area (Å²) in [4.78, 5) is 17.5. The molecule has 1 amide bonds. The molecule has 184 valence electrons. The number of rotatable bonds is 7. The van der Waals surface area contributed by atoms with Crippen LogP contribution in [0.4, 0.5) is 0 Å². The molecule has 2 heterocycles. The van der Waals surface area contributed by atoms with Gasteiger partial charge in [0.05, 0.1) is 30.4 Å². The van der Waals surface area contributed by atoms with Crippen molar-refractivity contribution in [3.8, 4) is 17.0 Å². The second kappa shape index (κ2) is 9.25. The zero-order valence-electron chi connectivity index (χ0n) is 20.3. The van der Waals surface area contributed by atoms with Crippen LogP contribution in [0.25, 0.3) is 22.0 Å². The average Bonchev–Trinajstić information content (AvgIpc) is 3.22. The van der Waals surface area contributed by atoms with Gasteiger partial charge in [-0.05, 0) is 72.9 Å². The number of fused-ring (bicyclic) bond motifs is 1. The van der Waals surface area contributed by atoms with Crippen LogP contribution in [-0.4, -0.2) is 33.3 Å². The molecule has 2 aliphatic rings. The third-order valence-corrected chi connectivity index (χ3v) is 7.92. The van der Waals surface area contributed by atoms with Crippen LogP contribution >= 0.6 is 11.6 Å². The number of carbonyl (C=O) groups is 1. The van der Waals surface area contributed by atoms with Crippen LogP contribution < -0.4 is 10.1 Å². The average molecular weight is 501 g/mol. The molecule has 2 saturated carbocycles. The molecule has 0 atom stereocenters. The molecule has 2 fully saturated rings. The van der Waals surface area contributed by atoms with Crippen LogP contribution in [-0.2, 0) is 6.54 Å². The number of hydrogen-bond acceptors (Lipinski definition) is 4. The fraction of sp³-hybridized carbons (Fsp3) is 0.345. The first kappa shape index (κ1) is 23.0. The summed E-state index contributed by atoms with van der Waals surface area (Å²) in [6.45, 7) is 3.08. The molecule has 7 heteroatoms. The van der Waals surface area contributed by atoms with Crippen LogP contribution in [0.1, 0.15) is 54.9 Å². The molecular weight excluding hydrogens is 472 g/mol. The Morgan fingerprint density at radius 3 is 2.67 bits per heavy atom. The largest absolute Gasteiger partial charge is 0.478 e. The Labute approximate surface area is 215 Å². The highest BCUT2D eigenvalue weighted by atomic mass is 35.5. The number of nitrogens with one attached hydrogen (secondary N) is 1. The van der Waals surface area contributed by atoms with Gasteiger partial charge in [0.1, 0.15) is 0 Å². The molecule has 0 aliphatic heterocycles. The molecule has 1 spiro atoms. The molecule has 6 nitrogen and oxygen atoms in total. The summed E-state index contributed by atoms with van der Waals surface area (Å²) in [6, 6.07) is 16.2. The quantitative estimate of drug-likeness (QED) is 0.325. The highest BCUT2D eigenvalue weighted by molar-refractivity contribution is 6.32. The Balaban J connectivity index is 1.22. The fourth-order valence-electron chi connectivity index (χ4n) is 5.72. The zero-order chi connectivity index (χ0) is 24.7. The minimum Gasteiger partial charge on any atom is -0.478 e. The van der Waals surface area contributed by atoms with Crippen molar-refractivity contribution in [3.63, 3.8) is 0 Å². The van der Waals surface area contributed by atoms with Gasteiger partial charge in [-0.15, -0.1) is 0 Å². The molecule has 0 radical (unpaired) electrons. The minimum absolute atomic E-state index is 0.0680. The van der Waals surface area contributed by atoms with Gasteiger partial charge in [0, 0.05) is 28.7 Å². The summed E-state index contributed by atoms with van der Waals surface area (Å²) in [5.41, 5.74) is 5.14. The van der Waals surface area contributed by atoms with Gasteiger partial charge in [0.2, 0.25) is 5.88 Å². The van der Waals surface area contributed by atoms with Crippen molar-refractivity contribution in [2.24, 2.45) is 5.41 Å². The summed E-state index contributed by atoms with van der Waals surface area (Å²) in [5, 5.41) is 9.26. The van der Waals surface area contributed by atoms with E-state index in [1.807, 2.05) is 29.8 Å². The van der Waals surface area contributed by atoms with Gasteiger partial charge >= 0.3 is 0 Å². The number of hydrogen-bond donors (Lipinski definition) is 1. The number of aromatic nitrogens is 3. The van der Waals surface area contributed by atoms with E-state index in [9.17, 15) is 4.79 Å². The lowest BCUT2D eigenvalue weighted by Gasteiger charge is -2.54. The second-order valence-corrected chi connectivity index (χ2v) is 10.6. The first-order valence-electron chi connectivity index (χ1n) is 12.7. The van der Waals surface area contributed by atoms with E-state index in [0.717, 1.165) is 40.4 Å². The predicted octanol–water partition coefficient (Wildman–Crippen LogP) is 6.26. The Kier molecular flexibility index (Phi) is 5.92. The Morgan fingerprint density at radius 2 is 1.94 bits per heavy atom. The number of halogens is 1. The van der Waals surface area contributed by atoms with Crippen molar-refractivity contribution >= 4 is 28.4 Å². The molecule has 6 rings (SSSR count). The Hall–Kier alpha value is -3.38. The predicted molar refractivity (Wildman–Crippen MR) is 141 cm³/mol. The molecule has 1 N–H and O–H groups in total. The normalized spacial score (nSPS) is 16.5. The SMILES string of the molecule is CCOc1cc(-c2ccc(Cn3ncc4cc(Cl)cc(C(=O)NC5CC6(CCC6)C5)c43)cc2)ccn1. The van der Waals surface area contributed by atoms with E-state index in [0.29, 0.717) is 35.0 Å². The van der Waals surface area contributed by atoms with E-state index in [2.05, 4.69) is 39.7 Å². The molecule has 0 saturated heterocycles. The van der Waals surface area contributed by atoms with Crippen LogP contribution in [0.3, 0.4) is 0 Å². The van der Waals surface area contributed by atoms with E-state index >= 15 is 0 Å². The number of ether oxygens (including phenoxy) is 1. The van der Waals surface area contributed by atoms with E-state index in [-0.39, 0.29) is 11.9 Å². The second-order valence-electron chi connectivity index (χ2n) is 10.1. The highest BCUT2D eigenvalue weighted by Crippen LogP contribution is 2.55. The van der Waals surface area contributed by atoms with Gasteiger partial charge in [0.15, 0.2) is 0 Å². The topological polar surface area (TPSA) is 69.0 Å². The first-order valence-corrected chi connectivity index (χ1v) is 13.0. The molecular formula is C29H29ClN4O2. The lowest BCUT2D eigenvalue weighted by atomic mass is 9.54. The maximum absolute atomic E-state index is 13.3. The summed E-state index contributed by atoms with van der Waals surface area (Å²) < 4.78 is 7.42. The molecule has 2 aliphatic carbocycles. The van der Waals surface area contributed by atoms with Crippen molar-refractivity contribution in [1.82, 2.24) is 20.1 Å². The minimum atomic E-state index is -0.0680. The lowest BCUT2D eigenvalue weighted by molar-refractivity contribution is -0.000604. The fourth-order valence-corrected chi connectivity index (χ4v) is 5.94. The highest BCUT2D eigenvalue weighted by Gasteiger charge is 2.48. The maximum atomic E-state index is 13.3. The summed E-state index contributed by atoms with van der Waals surface area (Å²) >= 11 is 6.37. The van der Waals surface area contributed by atoms with Gasteiger partial charge in [0.25, 0.3) is 5.91 Å². The van der Waals surface area contributed by atoms with Gasteiger partial charge in [-0.2, -0.15) is 5.10 Å². The van der Waals surface area contributed by atoms with Gasteiger partial charge in [-0.1, -0.05) is 42.3 Å². The third kappa shape index (κ3) is 4.35. The number of benzene rings is 2. The molecule has 36 heavy (non-hydrogen) atoms. The molecule has 0 unspecified atom stereocenters. The lowest BCUT2D eigenvalue weighted by Crippen LogP contribution is -2.53. The summed E-state index contributed by atoms with van der Waals surface area (Å²) in [7, 11) is 0. The Morgan fingerprint density at radius 1 is 1.14 bits per heavy atom. The van der Waals surface area contributed by atoms with E-state index in [1.165, 1.54) is 19.3 Å². The number of carbonyl (C=O) groups excluding carboxylic acids is 1. The van der Waals surface area contributed by atoms with Crippen molar-refractivity contribution in [1.29, 1.82) is 0 Å². The number of nitrogens with zero attached hydrogens (tertiary/aromatic N) is 3. The molecule has 2 aromatic heterocycles. The third-order valence-electron chi connectivity index (χ3n) is 7.70. The smallest absolute Gasteiger partial charge is 0.253 e. The van der Waals surface area contributed by atoms with Gasteiger partial charge in [-0.25, -0.2) is 4.98 Å². The monoisotopic (exact) mass is 500 g/mol. The van der Waals surface area contributed by atoms with Gasteiger partial charge < -0.3 is 10.1 Å². The standard InChI is InChI=1S/C29H29ClN4O2/c1-2-36-26-13-21(8-11-31-26)20-6-4-19(5-7-20)18-34-27-22(17-32-34)12-23(30)14-25(27)28(35)33-24-15-29(16-24)9-3-10-29/h4-8,11-14,17,24H,2-3,9-10,15-16,18H2,1H3,(H,33,35). The molecule has 2 aromatic carbocycles. The van der Waals surface area contributed by atoms with E-state index in [1.54, 1.807) is 18.5 Å². The number of amides is 1. The van der Waals surface area contributed by atoms with E-state index in [4.69, 9.17) is 16.3 Å². The molecule has 4 aromatic rings. The van der Waals surface area contributed by atoms with Crippen molar-refractivity contribution in [2.45, 2.75) is 51.6 Å². The summed E-state index contributed by atoms with van der Waals surface area (Å²) in [5.74, 6) is 0.554. The van der Waals surface area contributed by atoms with Crippen molar-refractivity contribution in [2.75, 3.05) is 6.61 Å². The van der Waals surface area contributed by atoms with Crippen LogP contribution in [0.2, 0.25) is 5.02 Å². The first-order chi connectivity index (χ1) is 17.5. The van der Waals surface area contributed by atoms with E-state index < -0.39 is 0 Å². The zero-order valence-corrected chi connectivity index (χ0v) is 21.1. The molecule has 0 bridgehead atoms. The van der Waals surface area contributed by atoms with Crippen LogP contribution in [0.15, 0.2) is 60.9 Å². The Bertz CT molecular complexity index is 1420.